The van der Waals surface area contributed by atoms with Crippen LogP contribution in [0.2, 0.25) is 0 Å². The zero-order valence-corrected chi connectivity index (χ0v) is 22.0. The number of urea groups is 1. The first-order valence-electron chi connectivity index (χ1n) is 12.8. The largest absolute Gasteiger partial charge is 0.461 e. The summed E-state index contributed by atoms with van der Waals surface area (Å²) in [6.45, 7) is 3.83. The molecule has 0 radical (unpaired) electrons. The number of nitrogens with zero attached hydrogens (tertiary/aromatic N) is 1. The van der Waals surface area contributed by atoms with Crippen molar-refractivity contribution in [2.24, 2.45) is 5.92 Å². The van der Waals surface area contributed by atoms with Crippen LogP contribution in [0.25, 0.3) is 0 Å². The van der Waals surface area contributed by atoms with Crippen molar-refractivity contribution >= 4 is 19.7 Å². The van der Waals surface area contributed by atoms with Crippen molar-refractivity contribution in [1.29, 1.82) is 0 Å². The van der Waals surface area contributed by atoms with Crippen LogP contribution in [0, 0.1) is 11.7 Å². The second-order valence-corrected chi connectivity index (χ2v) is 11.4. The molecule has 4 rings (SSSR count). The number of halogens is 1. The lowest BCUT2D eigenvalue weighted by molar-refractivity contribution is -0.152. The lowest BCUT2D eigenvalue weighted by Gasteiger charge is -2.30. The SMILES string of the molecule is C[C@H](NP(=O)(OC[C@@H]1C[C@H](C)[C@H](N2C=CCNC2=O)O1)Oc1ccc(F)cc1)C(=O)OC1CCCCC1. The summed E-state index contributed by atoms with van der Waals surface area (Å²) in [6, 6.07) is 3.76. The molecule has 2 fully saturated rings. The smallest absolute Gasteiger partial charge is 0.459 e. The molecular formula is C25H35FN3O7P. The highest BCUT2D eigenvalue weighted by atomic mass is 31.2. The minimum atomic E-state index is -4.12. The minimum absolute atomic E-state index is 0.00291. The predicted octanol–water partition coefficient (Wildman–Crippen LogP) is 4.47. The first kappa shape index (κ1) is 27.6. The van der Waals surface area contributed by atoms with Gasteiger partial charge in [-0.25, -0.2) is 13.8 Å². The molecule has 0 bridgehead atoms. The van der Waals surface area contributed by atoms with Crippen LogP contribution in [0.4, 0.5) is 9.18 Å². The van der Waals surface area contributed by atoms with Crippen molar-refractivity contribution in [2.75, 3.05) is 13.2 Å². The van der Waals surface area contributed by atoms with Gasteiger partial charge in [-0.05, 0) is 69.4 Å². The van der Waals surface area contributed by atoms with E-state index < -0.39 is 37.9 Å². The topological polar surface area (TPSA) is 115 Å². The van der Waals surface area contributed by atoms with Crippen LogP contribution >= 0.6 is 7.75 Å². The number of carbonyl (C=O) groups excluding carboxylic acids is 2. The van der Waals surface area contributed by atoms with E-state index in [1.165, 1.54) is 36.1 Å². The summed E-state index contributed by atoms with van der Waals surface area (Å²) >= 11 is 0. The van der Waals surface area contributed by atoms with Gasteiger partial charge in [-0.2, -0.15) is 5.09 Å². The Balaban J connectivity index is 1.40. The Kier molecular flexibility index (Phi) is 9.23. The number of amides is 2. The first-order chi connectivity index (χ1) is 17.7. The summed E-state index contributed by atoms with van der Waals surface area (Å²) in [5.74, 6) is -0.918. The fourth-order valence-electron chi connectivity index (χ4n) is 4.68. The number of hydrogen-bond acceptors (Lipinski definition) is 7. The van der Waals surface area contributed by atoms with Crippen LogP contribution in [0.3, 0.4) is 0 Å². The molecule has 2 aliphatic heterocycles. The maximum absolute atomic E-state index is 13.7. The lowest BCUT2D eigenvalue weighted by atomic mass is 9.98. The van der Waals surface area contributed by atoms with Crippen molar-refractivity contribution in [3.05, 3.63) is 42.4 Å². The van der Waals surface area contributed by atoms with Gasteiger partial charge in [0.1, 0.15) is 29.9 Å². The Bertz CT molecular complexity index is 1020. The molecule has 0 spiro atoms. The Morgan fingerprint density at radius 3 is 2.70 bits per heavy atom. The van der Waals surface area contributed by atoms with E-state index in [1.54, 1.807) is 6.20 Å². The zero-order valence-electron chi connectivity index (χ0n) is 21.1. The van der Waals surface area contributed by atoms with E-state index in [0.717, 1.165) is 32.1 Å². The Morgan fingerprint density at radius 2 is 2.00 bits per heavy atom. The van der Waals surface area contributed by atoms with Crippen molar-refractivity contribution in [1.82, 2.24) is 15.3 Å². The number of ether oxygens (including phenoxy) is 2. The maximum Gasteiger partial charge on any atom is 0.459 e. The molecule has 204 valence electrons. The van der Waals surface area contributed by atoms with Gasteiger partial charge in [0, 0.05) is 18.7 Å². The van der Waals surface area contributed by atoms with Crippen molar-refractivity contribution in [3.63, 3.8) is 0 Å². The van der Waals surface area contributed by atoms with Gasteiger partial charge < -0.3 is 19.3 Å². The molecule has 1 aliphatic carbocycles. The summed E-state index contributed by atoms with van der Waals surface area (Å²) in [6.07, 6.45) is 7.68. The Morgan fingerprint density at radius 1 is 1.27 bits per heavy atom. The quantitative estimate of drug-likeness (QED) is 0.331. The molecule has 2 amide bonds. The van der Waals surface area contributed by atoms with E-state index in [1.807, 2.05) is 13.0 Å². The summed E-state index contributed by atoms with van der Waals surface area (Å²) in [7, 11) is -4.12. The maximum atomic E-state index is 13.7. The van der Waals surface area contributed by atoms with Crippen LogP contribution in [-0.4, -0.2) is 54.5 Å². The summed E-state index contributed by atoms with van der Waals surface area (Å²) in [5, 5.41) is 5.40. The molecule has 10 nitrogen and oxygen atoms in total. The third-order valence-corrected chi connectivity index (χ3v) is 8.25. The van der Waals surface area contributed by atoms with Crippen LogP contribution in [-0.2, 0) is 23.4 Å². The number of rotatable bonds is 10. The number of benzene rings is 1. The summed E-state index contributed by atoms with van der Waals surface area (Å²) < 4.78 is 50.1. The van der Waals surface area contributed by atoms with Crippen molar-refractivity contribution in [3.8, 4) is 5.75 Å². The first-order valence-corrected chi connectivity index (χ1v) is 14.3. The molecule has 3 aliphatic rings. The third-order valence-electron chi connectivity index (χ3n) is 6.61. The van der Waals surface area contributed by atoms with Gasteiger partial charge >= 0.3 is 19.7 Å². The van der Waals surface area contributed by atoms with Gasteiger partial charge in [0.15, 0.2) is 0 Å². The highest BCUT2D eigenvalue weighted by Crippen LogP contribution is 2.46. The van der Waals surface area contributed by atoms with Crippen molar-refractivity contribution in [2.45, 2.75) is 76.9 Å². The van der Waals surface area contributed by atoms with Crippen LogP contribution in [0.5, 0.6) is 5.75 Å². The van der Waals surface area contributed by atoms with Crippen LogP contribution in [0.1, 0.15) is 52.4 Å². The number of carbonyl (C=O) groups is 2. The highest BCUT2D eigenvalue weighted by Gasteiger charge is 2.40. The average Bonchev–Trinajstić information content (AvgIpc) is 3.25. The number of esters is 1. The van der Waals surface area contributed by atoms with E-state index in [4.69, 9.17) is 18.5 Å². The molecule has 2 heterocycles. The molecule has 12 heteroatoms. The number of hydrogen-bond donors (Lipinski definition) is 2. The van der Waals surface area contributed by atoms with Gasteiger partial charge in [0.05, 0.1) is 12.7 Å². The van der Waals surface area contributed by atoms with E-state index in [9.17, 15) is 18.5 Å². The molecular weight excluding hydrogens is 504 g/mol. The molecule has 1 aromatic rings. The molecule has 1 saturated carbocycles. The Labute approximate surface area is 216 Å². The van der Waals surface area contributed by atoms with Crippen LogP contribution < -0.4 is 14.9 Å². The summed E-state index contributed by atoms with van der Waals surface area (Å²) in [5.41, 5.74) is 0. The molecule has 1 saturated heterocycles. The van der Waals surface area contributed by atoms with E-state index >= 15 is 0 Å². The lowest BCUT2D eigenvalue weighted by Crippen LogP contribution is -2.47. The highest BCUT2D eigenvalue weighted by molar-refractivity contribution is 7.52. The number of nitrogens with one attached hydrogen (secondary N) is 2. The average molecular weight is 540 g/mol. The van der Waals surface area contributed by atoms with E-state index in [2.05, 4.69) is 10.4 Å². The van der Waals surface area contributed by atoms with Crippen LogP contribution in [0.15, 0.2) is 36.5 Å². The standard InChI is InChI=1S/C25H35FN3O7P/c1-17-15-22(34-23(17)29-14-6-13-27-25(29)31)16-33-37(32,36-21-11-9-19(26)10-12-21)28-18(2)24(30)35-20-7-4-3-5-8-20/h6,9-12,14,17-18,20,22-23H,3-5,7-8,13,15-16H2,1-2H3,(H,27,31)(H,28,32)/t17-,18-,22-,23+,37?/m0/s1. The van der Waals surface area contributed by atoms with Gasteiger partial charge in [0.2, 0.25) is 0 Å². The molecule has 1 aromatic carbocycles. The predicted molar refractivity (Wildman–Crippen MR) is 133 cm³/mol. The normalized spacial score (nSPS) is 26.8. The fraction of sp³-hybridized carbons (Fsp3) is 0.600. The Hall–Kier alpha value is -2.46. The second kappa shape index (κ2) is 12.4. The van der Waals surface area contributed by atoms with Crippen molar-refractivity contribution < 1.29 is 37.1 Å². The van der Waals surface area contributed by atoms with Gasteiger partial charge in [-0.15, -0.1) is 0 Å². The van der Waals surface area contributed by atoms with Gasteiger partial charge in [-0.3, -0.25) is 14.2 Å². The molecule has 5 atom stereocenters. The summed E-state index contributed by atoms with van der Waals surface area (Å²) in [4.78, 5) is 26.4. The monoisotopic (exact) mass is 539 g/mol. The fourth-order valence-corrected chi connectivity index (χ4v) is 6.20. The van der Waals surface area contributed by atoms with E-state index in [0.29, 0.717) is 13.0 Å². The molecule has 1 unspecified atom stereocenters. The second-order valence-electron chi connectivity index (χ2n) is 9.73. The zero-order chi connectivity index (χ0) is 26.4. The van der Waals surface area contributed by atoms with Gasteiger partial charge in [-0.1, -0.05) is 13.3 Å². The minimum Gasteiger partial charge on any atom is -0.461 e. The molecule has 2 N–H and O–H groups in total. The third kappa shape index (κ3) is 7.54. The molecule has 37 heavy (non-hydrogen) atoms. The van der Waals surface area contributed by atoms with E-state index in [-0.39, 0.29) is 30.4 Å². The molecule has 0 aromatic heterocycles. The van der Waals surface area contributed by atoms with Gasteiger partial charge in [0.25, 0.3) is 0 Å².